The molecule has 0 N–H and O–H groups in total. The summed E-state index contributed by atoms with van der Waals surface area (Å²) in [5.41, 5.74) is 7.23. The molecular formula is C17H20. The Kier molecular flexibility index (Phi) is 2.61. The minimum absolute atomic E-state index is 0. The van der Waals surface area contributed by atoms with Crippen LogP contribution in [-0.2, 0) is 5.41 Å². The molecule has 0 nitrogen and oxygen atoms in total. The molecule has 0 heteroatoms. The van der Waals surface area contributed by atoms with E-state index in [0.29, 0.717) is 0 Å². The summed E-state index contributed by atoms with van der Waals surface area (Å²) in [6.45, 7) is 6.79. The lowest BCUT2D eigenvalue weighted by Crippen LogP contribution is -2.14. The summed E-state index contributed by atoms with van der Waals surface area (Å²) in [5, 5.41) is 0. The van der Waals surface area contributed by atoms with Crippen LogP contribution < -0.4 is 0 Å². The van der Waals surface area contributed by atoms with Crippen molar-refractivity contribution >= 4 is 0 Å². The molecule has 0 bridgehead atoms. The SMILES string of the molecule is C.Cc1ccc2c(c1)-c1ccccc1C2(C)C. The lowest BCUT2D eigenvalue weighted by atomic mass is 9.82. The molecule has 0 fully saturated rings. The molecule has 88 valence electrons. The Morgan fingerprint density at radius 3 is 2.24 bits per heavy atom. The fraction of sp³-hybridized carbons (Fsp3) is 0.294. The van der Waals surface area contributed by atoms with E-state index in [1.54, 1.807) is 0 Å². The Labute approximate surface area is 104 Å². The monoisotopic (exact) mass is 224 g/mol. The van der Waals surface area contributed by atoms with E-state index >= 15 is 0 Å². The molecule has 0 saturated heterocycles. The van der Waals surface area contributed by atoms with E-state index in [1.807, 2.05) is 0 Å². The van der Waals surface area contributed by atoms with Crippen molar-refractivity contribution in [2.24, 2.45) is 0 Å². The molecule has 2 aromatic carbocycles. The summed E-state index contributed by atoms with van der Waals surface area (Å²) in [6.07, 6.45) is 0. The van der Waals surface area contributed by atoms with E-state index in [1.165, 1.54) is 27.8 Å². The van der Waals surface area contributed by atoms with Crippen LogP contribution in [0.3, 0.4) is 0 Å². The van der Waals surface area contributed by atoms with Gasteiger partial charge in [-0.1, -0.05) is 69.3 Å². The Bertz CT molecular complexity index is 562. The average Bonchev–Trinajstić information content (AvgIpc) is 2.49. The maximum absolute atomic E-state index is 2.31. The van der Waals surface area contributed by atoms with Crippen LogP contribution in [0.15, 0.2) is 42.5 Å². The van der Waals surface area contributed by atoms with Gasteiger partial charge in [-0.05, 0) is 29.2 Å². The molecule has 3 rings (SSSR count). The summed E-state index contributed by atoms with van der Waals surface area (Å²) in [7, 11) is 0. The zero-order chi connectivity index (χ0) is 11.3. The van der Waals surface area contributed by atoms with Gasteiger partial charge >= 0.3 is 0 Å². The van der Waals surface area contributed by atoms with Crippen molar-refractivity contribution in [2.45, 2.75) is 33.6 Å². The summed E-state index contributed by atoms with van der Waals surface area (Å²) in [5.74, 6) is 0. The molecule has 0 atom stereocenters. The topological polar surface area (TPSA) is 0 Å². The number of aryl methyl sites for hydroxylation is 1. The predicted molar refractivity (Wildman–Crippen MR) is 75.5 cm³/mol. The first-order valence-corrected chi connectivity index (χ1v) is 5.82. The fourth-order valence-corrected chi connectivity index (χ4v) is 2.83. The molecule has 0 radical (unpaired) electrons. The first kappa shape index (κ1) is 11.9. The van der Waals surface area contributed by atoms with Crippen molar-refractivity contribution in [1.29, 1.82) is 0 Å². The van der Waals surface area contributed by atoms with Gasteiger partial charge in [-0.25, -0.2) is 0 Å². The summed E-state index contributed by atoms with van der Waals surface area (Å²) in [6, 6.07) is 15.6. The van der Waals surface area contributed by atoms with E-state index in [2.05, 4.69) is 63.2 Å². The Balaban J connectivity index is 0.00000108. The number of hydrogen-bond donors (Lipinski definition) is 0. The summed E-state index contributed by atoms with van der Waals surface area (Å²) < 4.78 is 0. The summed E-state index contributed by atoms with van der Waals surface area (Å²) >= 11 is 0. The number of benzene rings is 2. The van der Waals surface area contributed by atoms with Crippen LogP contribution in [0.5, 0.6) is 0 Å². The minimum Gasteiger partial charge on any atom is -0.0776 e. The summed E-state index contributed by atoms with van der Waals surface area (Å²) in [4.78, 5) is 0. The lowest BCUT2D eigenvalue weighted by molar-refractivity contribution is 0.660. The Hall–Kier alpha value is -1.56. The third-order valence-electron chi connectivity index (χ3n) is 3.74. The standard InChI is InChI=1S/C16H16.CH4/c1-11-8-9-15-13(10-11)12-6-4-5-7-14(12)16(15,2)3;/h4-10H,1-3H3;1H4. The van der Waals surface area contributed by atoms with Crippen molar-refractivity contribution in [3.63, 3.8) is 0 Å². The molecule has 0 spiro atoms. The van der Waals surface area contributed by atoms with E-state index in [4.69, 9.17) is 0 Å². The first-order valence-electron chi connectivity index (χ1n) is 5.82. The van der Waals surface area contributed by atoms with E-state index in [-0.39, 0.29) is 12.8 Å². The van der Waals surface area contributed by atoms with Gasteiger partial charge in [-0.2, -0.15) is 0 Å². The zero-order valence-electron chi connectivity index (χ0n) is 10.0. The van der Waals surface area contributed by atoms with Gasteiger partial charge in [0.05, 0.1) is 0 Å². The molecule has 1 aliphatic rings. The number of hydrogen-bond acceptors (Lipinski definition) is 0. The van der Waals surface area contributed by atoms with Crippen LogP contribution >= 0.6 is 0 Å². The van der Waals surface area contributed by atoms with Gasteiger partial charge in [0.2, 0.25) is 0 Å². The van der Waals surface area contributed by atoms with Gasteiger partial charge in [0, 0.05) is 5.41 Å². The maximum Gasteiger partial charge on any atom is 0.0158 e. The van der Waals surface area contributed by atoms with Crippen LogP contribution in [0.4, 0.5) is 0 Å². The van der Waals surface area contributed by atoms with Crippen molar-refractivity contribution in [1.82, 2.24) is 0 Å². The van der Waals surface area contributed by atoms with Gasteiger partial charge in [0.25, 0.3) is 0 Å². The van der Waals surface area contributed by atoms with Crippen molar-refractivity contribution in [2.75, 3.05) is 0 Å². The van der Waals surface area contributed by atoms with Crippen LogP contribution in [0.25, 0.3) is 11.1 Å². The van der Waals surface area contributed by atoms with Crippen molar-refractivity contribution < 1.29 is 0 Å². The number of fused-ring (bicyclic) bond motifs is 3. The highest BCUT2D eigenvalue weighted by atomic mass is 14.4. The molecule has 0 amide bonds. The van der Waals surface area contributed by atoms with Crippen molar-refractivity contribution in [3.8, 4) is 11.1 Å². The third-order valence-corrected chi connectivity index (χ3v) is 3.74. The molecule has 0 aromatic heterocycles. The zero-order valence-corrected chi connectivity index (χ0v) is 10.0. The smallest absolute Gasteiger partial charge is 0.0158 e. The second-order valence-electron chi connectivity index (χ2n) is 5.22. The van der Waals surface area contributed by atoms with E-state index in [9.17, 15) is 0 Å². The van der Waals surface area contributed by atoms with Gasteiger partial charge in [-0.3, -0.25) is 0 Å². The Morgan fingerprint density at radius 1 is 0.824 bits per heavy atom. The molecule has 2 aromatic rings. The predicted octanol–water partition coefficient (Wildman–Crippen LogP) is 4.94. The highest BCUT2D eigenvalue weighted by Crippen LogP contribution is 2.48. The normalized spacial score (nSPS) is 14.8. The van der Waals surface area contributed by atoms with Gasteiger partial charge < -0.3 is 0 Å². The third kappa shape index (κ3) is 1.51. The van der Waals surface area contributed by atoms with Crippen molar-refractivity contribution in [3.05, 3.63) is 59.2 Å². The van der Waals surface area contributed by atoms with Crippen LogP contribution in [0.1, 0.15) is 38.0 Å². The molecule has 0 heterocycles. The average molecular weight is 224 g/mol. The van der Waals surface area contributed by atoms with Crippen LogP contribution in [0.2, 0.25) is 0 Å². The molecule has 1 aliphatic carbocycles. The molecule has 0 saturated carbocycles. The van der Waals surface area contributed by atoms with E-state index in [0.717, 1.165) is 0 Å². The second kappa shape index (κ2) is 3.73. The van der Waals surface area contributed by atoms with Gasteiger partial charge in [0.1, 0.15) is 0 Å². The molecular weight excluding hydrogens is 204 g/mol. The molecule has 0 aliphatic heterocycles. The maximum atomic E-state index is 2.31. The Morgan fingerprint density at radius 2 is 1.47 bits per heavy atom. The van der Waals surface area contributed by atoms with Gasteiger partial charge in [0.15, 0.2) is 0 Å². The largest absolute Gasteiger partial charge is 0.0776 e. The molecule has 17 heavy (non-hydrogen) atoms. The van der Waals surface area contributed by atoms with Gasteiger partial charge in [-0.15, -0.1) is 0 Å². The van der Waals surface area contributed by atoms with Crippen LogP contribution in [-0.4, -0.2) is 0 Å². The number of rotatable bonds is 0. The second-order valence-corrected chi connectivity index (χ2v) is 5.22. The first-order chi connectivity index (χ1) is 7.60. The lowest BCUT2D eigenvalue weighted by Gasteiger charge is -2.21. The molecule has 0 unspecified atom stereocenters. The van der Waals surface area contributed by atoms with Crippen LogP contribution in [0, 0.1) is 6.92 Å². The highest BCUT2D eigenvalue weighted by Gasteiger charge is 2.34. The highest BCUT2D eigenvalue weighted by molar-refractivity contribution is 5.80. The van der Waals surface area contributed by atoms with E-state index < -0.39 is 0 Å². The fourth-order valence-electron chi connectivity index (χ4n) is 2.83. The minimum atomic E-state index is 0. The quantitative estimate of drug-likeness (QED) is 0.594.